The molecule has 1 aliphatic carbocycles. The molecule has 1 aromatic heterocycles. The molecule has 2 fully saturated rings. The number of amides is 1. The second kappa shape index (κ2) is 8.82. The Morgan fingerprint density at radius 1 is 1.25 bits per heavy atom. The summed E-state index contributed by atoms with van der Waals surface area (Å²) in [6.07, 6.45) is 9.74. The van der Waals surface area contributed by atoms with Crippen molar-refractivity contribution in [2.24, 2.45) is 5.92 Å². The summed E-state index contributed by atoms with van der Waals surface area (Å²) in [6.45, 7) is 1.69. The summed E-state index contributed by atoms with van der Waals surface area (Å²) in [5.74, 6) is 1.25. The zero-order valence-corrected chi connectivity index (χ0v) is 13.9. The predicted molar refractivity (Wildman–Crippen MR) is 89.7 cm³/mol. The molecule has 1 aromatic rings. The minimum atomic E-state index is -0.332. The highest BCUT2D eigenvalue weighted by atomic mass is 16.5. The van der Waals surface area contributed by atoms with Crippen LogP contribution >= 0.6 is 0 Å². The van der Waals surface area contributed by atoms with Crippen molar-refractivity contribution in [2.75, 3.05) is 25.1 Å². The van der Waals surface area contributed by atoms with Crippen LogP contribution in [-0.2, 0) is 9.47 Å². The smallest absolute Gasteiger partial charge is 0.407 e. The Bertz CT molecular complexity index is 508. The van der Waals surface area contributed by atoms with Gasteiger partial charge in [-0.25, -0.2) is 14.8 Å². The molecule has 1 aliphatic heterocycles. The SMILES string of the molecule is O=C(N[C@@H]1CCOC[C@@H]1Nc1ccncn1)OCC1CCCCC1. The third-order valence-corrected chi connectivity index (χ3v) is 4.75. The minimum absolute atomic E-state index is 0.0316. The van der Waals surface area contributed by atoms with E-state index >= 15 is 0 Å². The van der Waals surface area contributed by atoms with Crippen molar-refractivity contribution in [2.45, 2.75) is 50.6 Å². The van der Waals surface area contributed by atoms with E-state index in [1.807, 2.05) is 0 Å². The second-order valence-electron chi connectivity index (χ2n) is 6.56. The van der Waals surface area contributed by atoms with Gasteiger partial charge in [-0.3, -0.25) is 0 Å². The summed E-state index contributed by atoms with van der Waals surface area (Å²) in [4.78, 5) is 20.2. The minimum Gasteiger partial charge on any atom is -0.449 e. The lowest BCUT2D eigenvalue weighted by Crippen LogP contribution is -2.52. The van der Waals surface area contributed by atoms with Gasteiger partial charge in [-0.2, -0.15) is 0 Å². The van der Waals surface area contributed by atoms with E-state index in [0.717, 1.165) is 12.2 Å². The highest BCUT2D eigenvalue weighted by Crippen LogP contribution is 2.23. The van der Waals surface area contributed by atoms with Crippen LogP contribution in [0.4, 0.5) is 10.6 Å². The van der Waals surface area contributed by atoms with E-state index < -0.39 is 0 Å². The van der Waals surface area contributed by atoms with E-state index in [-0.39, 0.29) is 18.2 Å². The number of nitrogens with one attached hydrogen (secondary N) is 2. The van der Waals surface area contributed by atoms with Crippen LogP contribution in [0.2, 0.25) is 0 Å². The summed E-state index contributed by atoms with van der Waals surface area (Å²) >= 11 is 0. The number of alkyl carbamates (subject to hydrolysis) is 1. The zero-order valence-electron chi connectivity index (χ0n) is 13.9. The summed E-state index contributed by atoms with van der Waals surface area (Å²) in [5.41, 5.74) is 0. The molecule has 1 saturated heterocycles. The number of anilines is 1. The third kappa shape index (κ3) is 5.06. The largest absolute Gasteiger partial charge is 0.449 e. The molecule has 2 N–H and O–H groups in total. The fourth-order valence-corrected chi connectivity index (χ4v) is 3.36. The van der Waals surface area contributed by atoms with Crippen molar-refractivity contribution in [1.82, 2.24) is 15.3 Å². The maximum absolute atomic E-state index is 12.1. The first-order valence-electron chi connectivity index (χ1n) is 8.85. The number of rotatable bonds is 5. The molecule has 7 heteroatoms. The molecule has 2 heterocycles. The molecule has 0 spiro atoms. The van der Waals surface area contributed by atoms with Gasteiger partial charge in [0, 0.05) is 12.8 Å². The summed E-state index contributed by atoms with van der Waals surface area (Å²) < 4.78 is 11.0. The van der Waals surface area contributed by atoms with E-state index in [1.54, 1.807) is 12.3 Å². The third-order valence-electron chi connectivity index (χ3n) is 4.75. The maximum atomic E-state index is 12.1. The average molecular weight is 334 g/mol. The Kier molecular flexibility index (Phi) is 6.23. The number of hydrogen-bond donors (Lipinski definition) is 2. The van der Waals surface area contributed by atoms with Crippen molar-refractivity contribution < 1.29 is 14.3 Å². The molecule has 2 atom stereocenters. The number of carbonyl (C=O) groups is 1. The van der Waals surface area contributed by atoms with Crippen molar-refractivity contribution >= 4 is 11.9 Å². The van der Waals surface area contributed by atoms with Crippen LogP contribution in [0.5, 0.6) is 0 Å². The molecule has 0 unspecified atom stereocenters. The molecule has 1 amide bonds. The lowest BCUT2D eigenvalue weighted by Gasteiger charge is -2.32. The molecule has 132 valence electrons. The van der Waals surface area contributed by atoms with Gasteiger partial charge in [-0.05, 0) is 31.2 Å². The van der Waals surface area contributed by atoms with Gasteiger partial charge in [0.15, 0.2) is 0 Å². The van der Waals surface area contributed by atoms with E-state index in [1.165, 1.54) is 38.4 Å². The van der Waals surface area contributed by atoms with Gasteiger partial charge in [-0.15, -0.1) is 0 Å². The van der Waals surface area contributed by atoms with Crippen molar-refractivity contribution in [3.63, 3.8) is 0 Å². The van der Waals surface area contributed by atoms with E-state index in [4.69, 9.17) is 9.47 Å². The van der Waals surface area contributed by atoms with Crippen LogP contribution in [0, 0.1) is 5.92 Å². The zero-order chi connectivity index (χ0) is 16.6. The van der Waals surface area contributed by atoms with Crippen LogP contribution < -0.4 is 10.6 Å². The monoisotopic (exact) mass is 334 g/mol. The van der Waals surface area contributed by atoms with Gasteiger partial charge in [-0.1, -0.05) is 19.3 Å². The lowest BCUT2D eigenvalue weighted by molar-refractivity contribution is 0.0611. The molecule has 3 rings (SSSR count). The Hall–Kier alpha value is -1.89. The summed E-state index contributed by atoms with van der Waals surface area (Å²) in [6, 6.07) is 1.73. The molecule has 1 saturated carbocycles. The van der Waals surface area contributed by atoms with Gasteiger partial charge in [0.1, 0.15) is 12.1 Å². The highest BCUT2D eigenvalue weighted by molar-refractivity contribution is 5.67. The van der Waals surface area contributed by atoms with Crippen LogP contribution in [0.15, 0.2) is 18.6 Å². The molecular formula is C17H26N4O3. The van der Waals surface area contributed by atoms with E-state index in [9.17, 15) is 4.79 Å². The quantitative estimate of drug-likeness (QED) is 0.860. The second-order valence-corrected chi connectivity index (χ2v) is 6.56. The molecule has 0 aromatic carbocycles. The topological polar surface area (TPSA) is 85.4 Å². The lowest BCUT2D eigenvalue weighted by atomic mass is 9.90. The number of nitrogens with zero attached hydrogens (tertiary/aromatic N) is 2. The molecule has 7 nitrogen and oxygen atoms in total. The van der Waals surface area contributed by atoms with Crippen LogP contribution in [0.3, 0.4) is 0 Å². The molecule has 0 bridgehead atoms. The molecule has 2 aliphatic rings. The highest BCUT2D eigenvalue weighted by Gasteiger charge is 2.28. The standard InChI is InChI=1S/C17H26N4O3/c22-17(24-10-13-4-2-1-3-5-13)21-14-7-9-23-11-15(14)20-16-6-8-18-12-19-16/h6,8,12-15H,1-5,7,9-11H2,(H,21,22)(H,18,19,20)/t14-,15+/m1/s1. The molecule has 24 heavy (non-hydrogen) atoms. The number of aromatic nitrogens is 2. The predicted octanol–water partition coefficient (Wildman–Crippen LogP) is 2.35. The Morgan fingerprint density at radius 3 is 2.92 bits per heavy atom. The maximum Gasteiger partial charge on any atom is 0.407 e. The van der Waals surface area contributed by atoms with Crippen molar-refractivity contribution in [3.8, 4) is 0 Å². The normalized spacial score (nSPS) is 25.0. The Labute approximate surface area is 142 Å². The van der Waals surface area contributed by atoms with Gasteiger partial charge < -0.3 is 20.1 Å². The van der Waals surface area contributed by atoms with Gasteiger partial charge in [0.2, 0.25) is 0 Å². The van der Waals surface area contributed by atoms with Crippen LogP contribution in [0.1, 0.15) is 38.5 Å². The van der Waals surface area contributed by atoms with E-state index in [2.05, 4.69) is 20.6 Å². The number of ether oxygens (including phenoxy) is 2. The van der Waals surface area contributed by atoms with Gasteiger partial charge in [0.25, 0.3) is 0 Å². The fraction of sp³-hybridized carbons (Fsp3) is 0.706. The number of carbonyl (C=O) groups excluding carboxylic acids is 1. The summed E-state index contributed by atoms with van der Waals surface area (Å²) in [7, 11) is 0. The molecule has 0 radical (unpaired) electrons. The number of hydrogen-bond acceptors (Lipinski definition) is 6. The Balaban J connectivity index is 1.46. The van der Waals surface area contributed by atoms with Gasteiger partial charge >= 0.3 is 6.09 Å². The fourth-order valence-electron chi connectivity index (χ4n) is 3.36. The first kappa shape index (κ1) is 17.0. The van der Waals surface area contributed by atoms with Crippen molar-refractivity contribution in [3.05, 3.63) is 18.6 Å². The van der Waals surface area contributed by atoms with E-state index in [0.29, 0.717) is 25.7 Å². The Morgan fingerprint density at radius 2 is 2.12 bits per heavy atom. The van der Waals surface area contributed by atoms with Crippen LogP contribution in [0.25, 0.3) is 0 Å². The van der Waals surface area contributed by atoms with Gasteiger partial charge in [0.05, 0.1) is 25.3 Å². The van der Waals surface area contributed by atoms with Crippen molar-refractivity contribution in [1.29, 1.82) is 0 Å². The first-order chi connectivity index (χ1) is 11.8. The van der Waals surface area contributed by atoms with Crippen LogP contribution in [-0.4, -0.2) is 48.0 Å². The summed E-state index contributed by atoms with van der Waals surface area (Å²) in [5, 5.41) is 6.28. The average Bonchev–Trinajstić information content (AvgIpc) is 2.63. The molecular weight excluding hydrogens is 308 g/mol. The first-order valence-corrected chi connectivity index (χ1v) is 8.85.